The number of carbonyl (C=O) groups excluding carboxylic acids is 1. The molecule has 0 aliphatic carbocycles. The first-order chi connectivity index (χ1) is 10.9. The van der Waals surface area contributed by atoms with Gasteiger partial charge in [0.1, 0.15) is 17.3 Å². The average molecular weight is 318 g/mol. The van der Waals surface area contributed by atoms with Crippen LogP contribution in [-0.2, 0) is 11.3 Å². The Hall–Kier alpha value is -2.83. The highest BCUT2D eigenvalue weighted by Gasteiger charge is 2.14. The van der Waals surface area contributed by atoms with Crippen molar-refractivity contribution in [3.8, 4) is 5.75 Å². The zero-order chi connectivity index (χ0) is 17.0. The Morgan fingerprint density at radius 2 is 2.04 bits per heavy atom. The van der Waals surface area contributed by atoms with E-state index in [1.54, 1.807) is 20.0 Å². The van der Waals surface area contributed by atoms with Gasteiger partial charge in [0.25, 0.3) is 11.6 Å². The van der Waals surface area contributed by atoms with Crippen LogP contribution in [0, 0.1) is 24.0 Å². The van der Waals surface area contributed by atoms with Crippen molar-refractivity contribution in [1.82, 2.24) is 4.90 Å². The number of benzene rings is 1. The first-order valence-electron chi connectivity index (χ1n) is 7.04. The second kappa shape index (κ2) is 6.95. The predicted octanol–water partition coefficient (Wildman–Crippen LogP) is 2.84. The monoisotopic (exact) mass is 318 g/mol. The Kier molecular flexibility index (Phi) is 5.00. The molecule has 122 valence electrons. The van der Waals surface area contributed by atoms with Gasteiger partial charge in [0.05, 0.1) is 11.5 Å². The quantitative estimate of drug-likeness (QED) is 0.604. The summed E-state index contributed by atoms with van der Waals surface area (Å²) in [5.74, 6) is 1.70. The molecule has 0 atom stereocenters. The van der Waals surface area contributed by atoms with E-state index in [2.05, 4.69) is 0 Å². The van der Waals surface area contributed by atoms with Crippen molar-refractivity contribution in [2.24, 2.45) is 0 Å². The number of likely N-dealkylation sites (N-methyl/N-ethyl adjacent to an activating group) is 1. The number of amides is 1. The molecule has 0 bridgehead atoms. The van der Waals surface area contributed by atoms with E-state index < -0.39 is 4.92 Å². The number of furan rings is 1. The molecule has 1 heterocycles. The number of aryl methyl sites for hydroxylation is 2. The molecule has 0 aliphatic heterocycles. The van der Waals surface area contributed by atoms with Crippen LogP contribution < -0.4 is 4.74 Å². The second-order valence-corrected chi connectivity index (χ2v) is 5.26. The maximum atomic E-state index is 12.0. The van der Waals surface area contributed by atoms with Crippen LogP contribution in [-0.4, -0.2) is 29.4 Å². The van der Waals surface area contributed by atoms with Gasteiger partial charge in [0.2, 0.25) is 0 Å². The Labute approximate surface area is 133 Å². The van der Waals surface area contributed by atoms with E-state index in [0.717, 1.165) is 5.76 Å². The molecule has 23 heavy (non-hydrogen) atoms. The first-order valence-corrected chi connectivity index (χ1v) is 7.04. The lowest BCUT2D eigenvalue weighted by molar-refractivity contribution is -0.385. The summed E-state index contributed by atoms with van der Waals surface area (Å²) >= 11 is 0. The maximum Gasteiger partial charge on any atom is 0.272 e. The molecule has 0 N–H and O–H groups in total. The summed E-state index contributed by atoms with van der Waals surface area (Å²) < 4.78 is 10.8. The van der Waals surface area contributed by atoms with Crippen LogP contribution in [0.2, 0.25) is 0 Å². The summed E-state index contributed by atoms with van der Waals surface area (Å²) in [7, 11) is 1.66. The lowest BCUT2D eigenvalue weighted by Gasteiger charge is -2.16. The van der Waals surface area contributed by atoms with Crippen molar-refractivity contribution >= 4 is 11.6 Å². The molecule has 0 spiro atoms. The zero-order valence-electron chi connectivity index (χ0n) is 13.2. The van der Waals surface area contributed by atoms with Crippen molar-refractivity contribution in [2.45, 2.75) is 20.4 Å². The Balaban J connectivity index is 1.91. The number of nitrogens with zero attached hydrogens (tertiary/aromatic N) is 2. The highest BCUT2D eigenvalue weighted by atomic mass is 16.6. The molecule has 0 fully saturated rings. The molecule has 1 aromatic carbocycles. The molecule has 7 nitrogen and oxygen atoms in total. The Bertz CT molecular complexity index is 723. The number of ether oxygens (including phenoxy) is 1. The van der Waals surface area contributed by atoms with Gasteiger partial charge in [0.15, 0.2) is 6.61 Å². The van der Waals surface area contributed by atoms with E-state index in [0.29, 0.717) is 23.6 Å². The van der Waals surface area contributed by atoms with Gasteiger partial charge < -0.3 is 14.1 Å². The molecule has 1 aromatic heterocycles. The fourth-order valence-electron chi connectivity index (χ4n) is 2.07. The Morgan fingerprint density at radius 1 is 1.30 bits per heavy atom. The summed E-state index contributed by atoms with van der Waals surface area (Å²) in [5.41, 5.74) is 0.508. The van der Waals surface area contributed by atoms with Crippen LogP contribution in [0.3, 0.4) is 0 Å². The molecular formula is C16H18N2O5. The number of hydrogen-bond donors (Lipinski definition) is 0. The molecule has 7 heteroatoms. The SMILES string of the molecule is Cc1ccc(CN(C)C(=O)COc2ccc([N+](=O)[O-])c(C)c2)o1. The standard InChI is InChI=1S/C16H18N2O5/c1-11-8-13(6-7-15(11)18(20)21)22-10-16(19)17(3)9-14-5-4-12(2)23-14/h4-8H,9-10H2,1-3H3. The van der Waals surface area contributed by atoms with Gasteiger partial charge in [-0.15, -0.1) is 0 Å². The van der Waals surface area contributed by atoms with E-state index in [4.69, 9.17) is 9.15 Å². The highest BCUT2D eigenvalue weighted by molar-refractivity contribution is 5.77. The van der Waals surface area contributed by atoms with E-state index in [1.807, 2.05) is 19.1 Å². The summed E-state index contributed by atoms with van der Waals surface area (Å²) in [4.78, 5) is 23.8. The minimum Gasteiger partial charge on any atom is -0.484 e. The van der Waals surface area contributed by atoms with E-state index in [-0.39, 0.29) is 18.2 Å². The van der Waals surface area contributed by atoms with Gasteiger partial charge in [-0.25, -0.2) is 0 Å². The molecular weight excluding hydrogens is 300 g/mol. The van der Waals surface area contributed by atoms with Gasteiger partial charge in [-0.3, -0.25) is 14.9 Å². The van der Waals surface area contributed by atoms with Crippen molar-refractivity contribution in [2.75, 3.05) is 13.7 Å². The third kappa shape index (κ3) is 4.32. The largest absolute Gasteiger partial charge is 0.484 e. The van der Waals surface area contributed by atoms with Crippen molar-refractivity contribution in [1.29, 1.82) is 0 Å². The van der Waals surface area contributed by atoms with Crippen molar-refractivity contribution in [3.05, 3.63) is 57.5 Å². The van der Waals surface area contributed by atoms with E-state index in [9.17, 15) is 14.9 Å². The molecule has 0 saturated carbocycles. The molecule has 0 unspecified atom stereocenters. The summed E-state index contributed by atoms with van der Waals surface area (Å²) in [6.07, 6.45) is 0. The highest BCUT2D eigenvalue weighted by Crippen LogP contribution is 2.23. The maximum absolute atomic E-state index is 12.0. The minimum atomic E-state index is -0.455. The lowest BCUT2D eigenvalue weighted by atomic mass is 10.2. The van der Waals surface area contributed by atoms with Crippen LogP contribution >= 0.6 is 0 Å². The van der Waals surface area contributed by atoms with Crippen molar-refractivity contribution in [3.63, 3.8) is 0 Å². The number of nitro benzene ring substituents is 1. The van der Waals surface area contributed by atoms with Gasteiger partial charge >= 0.3 is 0 Å². The molecule has 1 amide bonds. The first kappa shape index (κ1) is 16.5. The summed E-state index contributed by atoms with van der Waals surface area (Å²) in [6.45, 7) is 3.67. The lowest BCUT2D eigenvalue weighted by Crippen LogP contribution is -2.30. The third-order valence-electron chi connectivity index (χ3n) is 3.34. The summed E-state index contributed by atoms with van der Waals surface area (Å²) in [5, 5.41) is 10.8. The fourth-order valence-corrected chi connectivity index (χ4v) is 2.07. The topological polar surface area (TPSA) is 85.8 Å². The molecule has 2 aromatic rings. The Morgan fingerprint density at radius 3 is 2.61 bits per heavy atom. The number of nitro groups is 1. The van der Waals surface area contributed by atoms with Crippen LogP contribution in [0.4, 0.5) is 5.69 Å². The van der Waals surface area contributed by atoms with E-state index >= 15 is 0 Å². The summed E-state index contributed by atoms with van der Waals surface area (Å²) in [6, 6.07) is 8.05. The second-order valence-electron chi connectivity index (χ2n) is 5.26. The zero-order valence-corrected chi connectivity index (χ0v) is 13.2. The molecule has 0 aliphatic rings. The molecule has 0 radical (unpaired) electrons. The molecule has 0 saturated heterocycles. The van der Waals surface area contributed by atoms with E-state index in [1.165, 1.54) is 17.0 Å². The van der Waals surface area contributed by atoms with Crippen LogP contribution in [0.25, 0.3) is 0 Å². The van der Waals surface area contributed by atoms with Crippen LogP contribution in [0.15, 0.2) is 34.7 Å². The van der Waals surface area contributed by atoms with Gasteiger partial charge in [-0.1, -0.05) is 0 Å². The molecule has 2 rings (SSSR count). The van der Waals surface area contributed by atoms with Crippen molar-refractivity contribution < 1.29 is 18.9 Å². The third-order valence-corrected chi connectivity index (χ3v) is 3.34. The van der Waals surface area contributed by atoms with Crippen LogP contribution in [0.5, 0.6) is 5.75 Å². The minimum absolute atomic E-state index is 0.0222. The fraction of sp³-hybridized carbons (Fsp3) is 0.312. The smallest absolute Gasteiger partial charge is 0.272 e. The number of hydrogen-bond acceptors (Lipinski definition) is 5. The number of carbonyl (C=O) groups is 1. The average Bonchev–Trinajstić information content (AvgIpc) is 2.89. The van der Waals surface area contributed by atoms with Gasteiger partial charge in [0, 0.05) is 18.7 Å². The normalized spacial score (nSPS) is 10.4. The van der Waals surface area contributed by atoms with Gasteiger partial charge in [-0.2, -0.15) is 0 Å². The van der Waals surface area contributed by atoms with Crippen LogP contribution in [0.1, 0.15) is 17.1 Å². The number of rotatable bonds is 6. The predicted molar refractivity (Wildman–Crippen MR) is 83.2 cm³/mol. The van der Waals surface area contributed by atoms with Gasteiger partial charge in [-0.05, 0) is 38.1 Å².